The number of H-pyrrole nitrogens is 1. The molecule has 2 aromatic carbocycles. The number of nitrogens with zero attached hydrogens (tertiary/aromatic N) is 1. The Morgan fingerprint density at radius 3 is 2.57 bits per heavy atom. The maximum absolute atomic E-state index is 12.8. The largest absolute Gasteiger partial charge is 0.464 e. The van der Waals surface area contributed by atoms with Crippen LogP contribution in [0.25, 0.3) is 21.8 Å². The van der Waals surface area contributed by atoms with Crippen LogP contribution in [0.1, 0.15) is 21.0 Å². The van der Waals surface area contributed by atoms with Crippen LogP contribution in [0.2, 0.25) is 0 Å². The van der Waals surface area contributed by atoms with Crippen molar-refractivity contribution in [2.45, 2.75) is 0 Å². The Balaban J connectivity index is 1.76. The summed E-state index contributed by atoms with van der Waals surface area (Å²) in [5.74, 6) is -1.09. The van der Waals surface area contributed by atoms with Crippen molar-refractivity contribution in [3.63, 3.8) is 0 Å². The number of pyridine rings is 1. The Bertz CT molecular complexity index is 1200. The average Bonchev–Trinajstić information content (AvgIpc) is 3.10. The lowest BCUT2D eigenvalue weighted by Gasteiger charge is -2.10. The molecule has 0 aliphatic heterocycles. The predicted molar refractivity (Wildman–Crippen MR) is 110 cm³/mol. The Kier molecular flexibility index (Phi) is 4.70. The van der Waals surface area contributed by atoms with Crippen LogP contribution in [-0.2, 0) is 4.74 Å². The average molecular weight is 439 g/mol. The molecule has 7 nitrogen and oxygen atoms in total. The van der Waals surface area contributed by atoms with Gasteiger partial charge in [-0.1, -0.05) is 34.1 Å². The molecule has 0 fully saturated rings. The maximum Gasteiger partial charge on any atom is 0.356 e. The van der Waals surface area contributed by atoms with Crippen molar-refractivity contribution in [3.8, 4) is 0 Å². The first-order valence-corrected chi connectivity index (χ1v) is 9.18. The van der Waals surface area contributed by atoms with Crippen molar-refractivity contribution in [2.75, 3.05) is 12.5 Å². The van der Waals surface area contributed by atoms with Gasteiger partial charge in [0.25, 0.3) is 5.91 Å². The molecular formula is C20H15BrN4O3. The first kappa shape index (κ1) is 18.0. The maximum atomic E-state index is 12.8. The van der Waals surface area contributed by atoms with Crippen LogP contribution in [0.3, 0.4) is 0 Å². The number of rotatable bonds is 4. The number of hydrogen-bond acceptors (Lipinski definition) is 5. The van der Waals surface area contributed by atoms with Crippen molar-refractivity contribution in [2.24, 2.45) is 0 Å². The van der Waals surface area contributed by atoms with Crippen LogP contribution in [0.5, 0.6) is 0 Å². The van der Waals surface area contributed by atoms with Crippen molar-refractivity contribution in [1.29, 1.82) is 0 Å². The monoisotopic (exact) mass is 438 g/mol. The standard InChI is InChI=1S/C20H15BrN4O3/c1-28-20(27)16-10-14-13-4-2-3-5-15(13)22-17(14)18(23-16)19(26)25-24-12-8-6-11(21)7-9-12/h2-10,22,24H,1H3,(H,25,26). The highest BCUT2D eigenvalue weighted by Gasteiger charge is 2.20. The molecule has 0 aliphatic carbocycles. The molecule has 8 heteroatoms. The number of benzene rings is 2. The van der Waals surface area contributed by atoms with Gasteiger partial charge >= 0.3 is 5.97 Å². The Morgan fingerprint density at radius 1 is 1.07 bits per heavy atom. The molecule has 0 saturated carbocycles. The van der Waals surface area contributed by atoms with Gasteiger partial charge in [0, 0.05) is 20.8 Å². The van der Waals surface area contributed by atoms with Crippen molar-refractivity contribution in [3.05, 3.63) is 70.5 Å². The van der Waals surface area contributed by atoms with Crippen LogP contribution in [0, 0.1) is 0 Å². The van der Waals surface area contributed by atoms with Crippen LogP contribution in [-0.4, -0.2) is 29.0 Å². The molecule has 0 bridgehead atoms. The lowest BCUT2D eigenvalue weighted by molar-refractivity contribution is 0.0594. The van der Waals surface area contributed by atoms with E-state index in [-0.39, 0.29) is 11.4 Å². The number of amides is 1. The number of para-hydroxylation sites is 1. The molecule has 1 amide bonds. The van der Waals surface area contributed by atoms with Crippen LogP contribution in [0.4, 0.5) is 5.69 Å². The van der Waals surface area contributed by atoms with Crippen LogP contribution in [0.15, 0.2) is 59.1 Å². The number of carbonyl (C=O) groups excluding carboxylic acids is 2. The van der Waals surface area contributed by atoms with Crippen LogP contribution >= 0.6 is 15.9 Å². The first-order chi connectivity index (χ1) is 13.6. The number of fused-ring (bicyclic) bond motifs is 3. The molecule has 140 valence electrons. The minimum Gasteiger partial charge on any atom is -0.464 e. The number of nitrogens with one attached hydrogen (secondary N) is 3. The van der Waals surface area contributed by atoms with E-state index in [1.54, 1.807) is 18.2 Å². The van der Waals surface area contributed by atoms with E-state index in [2.05, 4.69) is 36.7 Å². The molecule has 4 aromatic rings. The highest BCUT2D eigenvalue weighted by molar-refractivity contribution is 9.10. The second-order valence-corrected chi connectivity index (χ2v) is 6.94. The number of methoxy groups -OCH3 is 1. The number of aromatic nitrogens is 2. The van der Waals surface area contributed by atoms with Gasteiger partial charge in [-0.15, -0.1) is 0 Å². The van der Waals surface area contributed by atoms with E-state index in [0.717, 1.165) is 20.8 Å². The van der Waals surface area contributed by atoms with E-state index >= 15 is 0 Å². The molecule has 28 heavy (non-hydrogen) atoms. The lowest BCUT2D eigenvalue weighted by Crippen LogP contribution is -2.30. The van der Waals surface area contributed by atoms with Gasteiger partial charge in [0.1, 0.15) is 5.69 Å². The van der Waals surface area contributed by atoms with Crippen molar-refractivity contribution in [1.82, 2.24) is 15.4 Å². The summed E-state index contributed by atoms with van der Waals surface area (Å²) in [5, 5.41) is 1.61. The molecule has 0 unspecified atom stereocenters. The number of hydrazine groups is 1. The molecule has 0 atom stereocenters. The number of carbonyl (C=O) groups is 2. The van der Waals surface area contributed by atoms with E-state index in [1.807, 2.05) is 36.4 Å². The molecule has 0 saturated heterocycles. The van der Waals surface area contributed by atoms with Gasteiger partial charge in [-0.3, -0.25) is 15.6 Å². The highest BCUT2D eigenvalue weighted by Crippen LogP contribution is 2.28. The van der Waals surface area contributed by atoms with E-state index < -0.39 is 11.9 Å². The van der Waals surface area contributed by atoms with E-state index in [1.165, 1.54) is 7.11 Å². The summed E-state index contributed by atoms with van der Waals surface area (Å²) in [5.41, 5.74) is 7.71. The normalized spacial score (nSPS) is 10.8. The third kappa shape index (κ3) is 3.29. The molecule has 2 aromatic heterocycles. The van der Waals surface area contributed by atoms with E-state index in [9.17, 15) is 9.59 Å². The van der Waals surface area contributed by atoms with Gasteiger partial charge in [0.2, 0.25) is 0 Å². The molecular weight excluding hydrogens is 424 g/mol. The Morgan fingerprint density at radius 2 is 1.82 bits per heavy atom. The zero-order chi connectivity index (χ0) is 19.7. The number of ether oxygens (including phenoxy) is 1. The summed E-state index contributed by atoms with van der Waals surface area (Å²) in [4.78, 5) is 32.3. The second-order valence-electron chi connectivity index (χ2n) is 6.03. The van der Waals surface area contributed by atoms with Crippen molar-refractivity contribution < 1.29 is 14.3 Å². The third-order valence-electron chi connectivity index (χ3n) is 4.27. The molecule has 0 aliphatic rings. The summed E-state index contributed by atoms with van der Waals surface area (Å²) in [6, 6.07) is 16.5. The van der Waals surface area contributed by atoms with Gasteiger partial charge in [0.15, 0.2) is 5.69 Å². The third-order valence-corrected chi connectivity index (χ3v) is 4.80. The number of esters is 1. The summed E-state index contributed by atoms with van der Waals surface area (Å²) in [6.45, 7) is 0. The van der Waals surface area contributed by atoms with Gasteiger partial charge in [0.05, 0.1) is 18.3 Å². The fourth-order valence-electron chi connectivity index (χ4n) is 2.94. The zero-order valence-electron chi connectivity index (χ0n) is 14.7. The molecule has 3 N–H and O–H groups in total. The van der Waals surface area contributed by atoms with Gasteiger partial charge in [-0.2, -0.15) is 0 Å². The lowest BCUT2D eigenvalue weighted by atomic mass is 10.1. The minimum absolute atomic E-state index is 0.0635. The van der Waals surface area contributed by atoms with Gasteiger partial charge < -0.3 is 9.72 Å². The van der Waals surface area contributed by atoms with Crippen molar-refractivity contribution >= 4 is 55.3 Å². The molecule has 4 rings (SSSR count). The van der Waals surface area contributed by atoms with E-state index in [4.69, 9.17) is 4.74 Å². The number of aromatic amines is 1. The summed E-state index contributed by atoms with van der Waals surface area (Å²) < 4.78 is 5.71. The summed E-state index contributed by atoms with van der Waals surface area (Å²) >= 11 is 3.36. The quantitative estimate of drug-likeness (QED) is 0.330. The second kappa shape index (κ2) is 7.32. The topological polar surface area (TPSA) is 96.1 Å². The minimum atomic E-state index is -0.609. The Hall–Kier alpha value is -3.39. The molecule has 2 heterocycles. The number of anilines is 1. The zero-order valence-corrected chi connectivity index (χ0v) is 16.3. The smallest absolute Gasteiger partial charge is 0.356 e. The first-order valence-electron chi connectivity index (χ1n) is 8.38. The SMILES string of the molecule is COC(=O)c1cc2c([nH]c3ccccc32)c(C(=O)NNc2ccc(Br)cc2)n1. The number of halogens is 1. The fraction of sp³-hybridized carbons (Fsp3) is 0.0500. The molecule has 0 spiro atoms. The van der Waals surface area contributed by atoms with Gasteiger partial charge in [-0.25, -0.2) is 9.78 Å². The van der Waals surface area contributed by atoms with Gasteiger partial charge in [-0.05, 0) is 36.4 Å². The van der Waals surface area contributed by atoms with E-state index in [0.29, 0.717) is 11.2 Å². The fourth-order valence-corrected chi connectivity index (χ4v) is 3.20. The summed E-state index contributed by atoms with van der Waals surface area (Å²) in [6.07, 6.45) is 0. The summed E-state index contributed by atoms with van der Waals surface area (Å²) in [7, 11) is 1.28. The highest BCUT2D eigenvalue weighted by atomic mass is 79.9. The Labute approximate surface area is 168 Å². The number of hydrogen-bond donors (Lipinski definition) is 3. The molecule has 0 radical (unpaired) electrons. The van der Waals surface area contributed by atoms with Crippen LogP contribution < -0.4 is 10.9 Å². The predicted octanol–water partition coefficient (Wildman–Crippen LogP) is 4.02.